The number of amides is 2. The lowest BCUT2D eigenvalue weighted by Crippen LogP contribution is -2.56. The molecule has 0 heterocycles. The molecule has 2 amide bonds. The maximum Gasteiger partial charge on any atom is 0.247 e. The topological polar surface area (TPSA) is 148 Å². The van der Waals surface area contributed by atoms with E-state index in [1.807, 2.05) is 70.2 Å². The van der Waals surface area contributed by atoms with Crippen molar-refractivity contribution in [1.82, 2.24) is 10.9 Å². The van der Waals surface area contributed by atoms with Crippen molar-refractivity contribution in [3.05, 3.63) is 42.0 Å². The van der Waals surface area contributed by atoms with Crippen LogP contribution in [-0.4, -0.2) is 28.8 Å². The van der Waals surface area contributed by atoms with Crippen LogP contribution in [0.5, 0.6) is 0 Å². The Balaban J connectivity index is 3.56. The average Bonchev–Trinajstić information content (AvgIpc) is 2.83. The summed E-state index contributed by atoms with van der Waals surface area (Å²) in [5, 5.41) is 9.55. The molecule has 0 saturated heterocycles. The smallest absolute Gasteiger partial charge is 0.247 e. The predicted molar refractivity (Wildman–Crippen MR) is 134 cm³/mol. The van der Waals surface area contributed by atoms with Crippen LogP contribution in [0.1, 0.15) is 72.3 Å². The summed E-state index contributed by atoms with van der Waals surface area (Å²) in [4.78, 5) is 39.4. The van der Waals surface area contributed by atoms with E-state index in [2.05, 4.69) is 5.43 Å². The molecule has 0 aliphatic heterocycles. The Bertz CT molecular complexity index is 838. The van der Waals surface area contributed by atoms with Crippen molar-refractivity contribution in [3.63, 3.8) is 0 Å². The molecule has 1 rings (SSSR count). The molecule has 34 heavy (non-hydrogen) atoms. The minimum absolute atomic E-state index is 0.0857. The lowest BCUT2D eigenvalue weighted by atomic mass is 9.60. The van der Waals surface area contributed by atoms with Crippen LogP contribution in [0.4, 0.5) is 0 Å². The normalized spacial score (nSPS) is 16.4. The number of hydrogen-bond acceptors (Lipinski definition) is 6. The highest BCUT2D eigenvalue weighted by Gasteiger charge is 2.51. The lowest BCUT2D eigenvalue weighted by Gasteiger charge is -2.43. The van der Waals surface area contributed by atoms with Crippen LogP contribution in [-0.2, 0) is 14.4 Å². The van der Waals surface area contributed by atoms with Crippen LogP contribution in [0, 0.1) is 22.7 Å². The van der Waals surface area contributed by atoms with Gasteiger partial charge in [0, 0.05) is 5.92 Å². The zero-order chi connectivity index (χ0) is 25.9. The van der Waals surface area contributed by atoms with E-state index in [1.165, 1.54) is 0 Å². The molecule has 0 saturated carbocycles. The van der Waals surface area contributed by atoms with E-state index in [4.69, 9.17) is 11.6 Å². The minimum atomic E-state index is -1.48. The third-order valence-electron chi connectivity index (χ3n) is 7.04. The molecule has 8 nitrogen and oxygen atoms in total. The summed E-state index contributed by atoms with van der Waals surface area (Å²) >= 11 is 0. The van der Waals surface area contributed by atoms with Crippen LogP contribution in [0.3, 0.4) is 0 Å². The van der Waals surface area contributed by atoms with E-state index < -0.39 is 46.3 Å². The van der Waals surface area contributed by atoms with Crippen LogP contribution in [0.15, 0.2) is 36.4 Å². The molecule has 7 N–H and O–H groups in total. The van der Waals surface area contributed by atoms with Crippen molar-refractivity contribution in [3.8, 4) is 0 Å². The van der Waals surface area contributed by atoms with E-state index >= 15 is 0 Å². The third kappa shape index (κ3) is 7.22. The number of allylic oxidation sites excluding steroid dienone is 1. The molecular formula is C26H42N4O4. The second kappa shape index (κ2) is 13.4. The number of rotatable bonds is 14. The van der Waals surface area contributed by atoms with Gasteiger partial charge in [-0.3, -0.25) is 25.0 Å². The highest BCUT2D eigenvalue weighted by Crippen LogP contribution is 2.47. The summed E-state index contributed by atoms with van der Waals surface area (Å²) in [6.45, 7) is 9.44. The van der Waals surface area contributed by atoms with Crippen molar-refractivity contribution < 1.29 is 19.6 Å². The molecule has 190 valence electrons. The Morgan fingerprint density at radius 1 is 1.15 bits per heavy atom. The van der Waals surface area contributed by atoms with Gasteiger partial charge in [-0.1, -0.05) is 83.0 Å². The number of carbonyl (C=O) groups is 3. The van der Waals surface area contributed by atoms with E-state index in [9.17, 15) is 19.6 Å². The van der Waals surface area contributed by atoms with Crippen molar-refractivity contribution in [2.45, 2.75) is 72.8 Å². The molecule has 0 aliphatic carbocycles. The molecule has 8 heteroatoms. The van der Waals surface area contributed by atoms with Crippen molar-refractivity contribution in [2.24, 2.45) is 34.2 Å². The fraction of sp³-hybridized carbons (Fsp3) is 0.577. The summed E-state index contributed by atoms with van der Waals surface area (Å²) in [6, 6.07) is 8.78. The number of nitrogens with two attached hydrogens (primary N) is 2. The molecule has 1 unspecified atom stereocenters. The Labute approximate surface area is 203 Å². The SMILES string of the molecule is CCCC(C[C@H]([C@H](C/C=C/c1ccccc1)C(=O)NO)C(C)(C)CC)(C(=O)NN)C(=O)[C@@H](C)N. The molecule has 1 aromatic carbocycles. The summed E-state index contributed by atoms with van der Waals surface area (Å²) < 4.78 is 0. The molecular weight excluding hydrogens is 432 g/mol. The van der Waals surface area contributed by atoms with Gasteiger partial charge in [0.2, 0.25) is 11.8 Å². The van der Waals surface area contributed by atoms with E-state index in [0.29, 0.717) is 19.3 Å². The molecule has 0 aromatic heterocycles. The predicted octanol–water partition coefficient (Wildman–Crippen LogP) is 3.35. The van der Waals surface area contributed by atoms with Crippen molar-refractivity contribution in [1.29, 1.82) is 0 Å². The number of nitrogens with one attached hydrogen (secondary N) is 2. The minimum Gasteiger partial charge on any atom is -0.322 e. The summed E-state index contributed by atoms with van der Waals surface area (Å²) in [6.07, 6.45) is 5.68. The largest absolute Gasteiger partial charge is 0.322 e. The van der Waals surface area contributed by atoms with Gasteiger partial charge >= 0.3 is 0 Å². The zero-order valence-electron chi connectivity index (χ0n) is 21.1. The van der Waals surface area contributed by atoms with Crippen molar-refractivity contribution in [2.75, 3.05) is 0 Å². The Morgan fingerprint density at radius 3 is 2.24 bits per heavy atom. The second-order valence-electron chi connectivity index (χ2n) is 9.74. The highest BCUT2D eigenvalue weighted by atomic mass is 16.5. The van der Waals surface area contributed by atoms with Gasteiger partial charge in [0.25, 0.3) is 0 Å². The van der Waals surface area contributed by atoms with Gasteiger partial charge in [-0.2, -0.15) is 0 Å². The zero-order valence-corrected chi connectivity index (χ0v) is 21.1. The first-order valence-corrected chi connectivity index (χ1v) is 12.0. The number of ketones is 1. The molecule has 1 aromatic rings. The fourth-order valence-corrected chi connectivity index (χ4v) is 4.70. The number of hydrogen-bond donors (Lipinski definition) is 5. The summed E-state index contributed by atoms with van der Waals surface area (Å²) in [5.74, 6) is 2.84. The van der Waals surface area contributed by atoms with Gasteiger partial charge < -0.3 is 5.73 Å². The first-order chi connectivity index (χ1) is 16.0. The van der Waals surface area contributed by atoms with E-state index in [1.54, 1.807) is 12.4 Å². The van der Waals surface area contributed by atoms with Gasteiger partial charge in [-0.25, -0.2) is 11.3 Å². The monoisotopic (exact) mass is 474 g/mol. The molecule has 4 atom stereocenters. The molecule has 0 aliphatic rings. The second-order valence-corrected chi connectivity index (χ2v) is 9.74. The standard InChI is InChI=1S/C26H42N4O4/c1-6-16-26(24(33)29-28,22(31)18(3)27)17-21(25(4,5)7-2)20(23(32)30-34)15-11-14-19-12-9-8-10-13-19/h8-14,18,20-21,34H,6-7,15-17,27-28H2,1-5H3,(H,29,33)(H,30,32)/b14-11+/t18-,20+,21-,26?/m1/s1. The fourth-order valence-electron chi connectivity index (χ4n) is 4.70. The van der Waals surface area contributed by atoms with Gasteiger partial charge in [-0.15, -0.1) is 0 Å². The van der Waals surface area contributed by atoms with Gasteiger partial charge in [0.05, 0.1) is 6.04 Å². The van der Waals surface area contributed by atoms with Crippen molar-refractivity contribution >= 4 is 23.7 Å². The molecule has 0 fully saturated rings. The maximum absolute atomic E-state index is 13.4. The Kier molecular flexibility index (Phi) is 11.6. The van der Waals surface area contributed by atoms with Gasteiger partial charge in [-0.05, 0) is 43.1 Å². The van der Waals surface area contributed by atoms with E-state index in [0.717, 1.165) is 5.56 Å². The lowest BCUT2D eigenvalue weighted by molar-refractivity contribution is -0.149. The summed E-state index contributed by atoms with van der Waals surface area (Å²) in [5.41, 5.74) is 8.99. The number of benzene rings is 1. The maximum atomic E-state index is 13.4. The van der Waals surface area contributed by atoms with Crippen LogP contribution in [0.2, 0.25) is 0 Å². The average molecular weight is 475 g/mol. The number of Topliss-reactive ketones (excluding diaryl/α,β-unsaturated/α-hetero) is 1. The Hall–Kier alpha value is -2.55. The molecule has 0 bridgehead atoms. The molecule has 0 radical (unpaired) electrons. The third-order valence-corrected chi connectivity index (χ3v) is 7.04. The number of hydroxylamine groups is 1. The van der Waals surface area contributed by atoms with E-state index in [-0.39, 0.29) is 12.8 Å². The molecule has 0 spiro atoms. The summed E-state index contributed by atoms with van der Waals surface area (Å²) in [7, 11) is 0. The van der Waals surface area contributed by atoms with Crippen LogP contribution < -0.4 is 22.5 Å². The Morgan fingerprint density at radius 2 is 1.76 bits per heavy atom. The number of hydrazine groups is 1. The first-order valence-electron chi connectivity index (χ1n) is 12.0. The van der Waals surface area contributed by atoms with Crippen LogP contribution >= 0.6 is 0 Å². The van der Waals surface area contributed by atoms with Gasteiger partial charge in [0.1, 0.15) is 5.41 Å². The first kappa shape index (κ1) is 29.5. The van der Waals surface area contributed by atoms with Crippen LogP contribution in [0.25, 0.3) is 6.08 Å². The highest BCUT2D eigenvalue weighted by molar-refractivity contribution is 6.08. The number of carbonyl (C=O) groups excluding carboxylic acids is 3. The quantitative estimate of drug-likeness (QED) is 0.0918. The van der Waals surface area contributed by atoms with Gasteiger partial charge in [0.15, 0.2) is 5.78 Å².